The van der Waals surface area contributed by atoms with E-state index in [2.05, 4.69) is 30.6 Å². The van der Waals surface area contributed by atoms with Crippen LogP contribution >= 0.6 is 0 Å². The molecule has 0 aliphatic heterocycles. The van der Waals surface area contributed by atoms with Crippen molar-refractivity contribution in [3.8, 4) is 0 Å². The van der Waals surface area contributed by atoms with Crippen molar-refractivity contribution < 1.29 is 18.6 Å². The molecular formula is C24H20N6V. The number of hydrogen-bond acceptors (Lipinski definition) is 4. The molecule has 0 atom stereocenters. The van der Waals surface area contributed by atoms with Gasteiger partial charge in [-0.15, -0.1) is 26.2 Å². The third kappa shape index (κ3) is 10.1. The molecule has 0 fully saturated rings. The van der Waals surface area contributed by atoms with Crippen LogP contribution in [0.25, 0.3) is 10.6 Å². The van der Waals surface area contributed by atoms with Crippen LogP contribution in [-0.4, -0.2) is 19.9 Å². The van der Waals surface area contributed by atoms with E-state index in [1.807, 2.05) is 72.8 Å². The maximum absolute atomic E-state index is 4.14. The van der Waals surface area contributed by atoms with E-state index >= 15 is 0 Å². The molecule has 0 aliphatic rings. The van der Waals surface area contributed by atoms with Crippen molar-refractivity contribution in [1.29, 1.82) is 0 Å². The Kier molecular flexibility index (Phi) is 11.8. The first-order valence-corrected chi connectivity index (χ1v) is 9.27. The van der Waals surface area contributed by atoms with E-state index in [9.17, 15) is 0 Å². The van der Waals surface area contributed by atoms with Crippen LogP contribution < -0.4 is 0 Å². The fourth-order valence-electron chi connectivity index (χ4n) is 2.19. The number of rotatable bonds is 8. The van der Waals surface area contributed by atoms with Gasteiger partial charge in [0.25, 0.3) is 0 Å². The van der Waals surface area contributed by atoms with E-state index in [-0.39, 0.29) is 18.6 Å². The number of aromatic nitrogens is 4. The third-order valence-corrected chi connectivity index (χ3v) is 3.58. The molecule has 0 saturated carbocycles. The third-order valence-electron chi connectivity index (χ3n) is 3.58. The fourth-order valence-corrected chi connectivity index (χ4v) is 2.19. The quantitative estimate of drug-likeness (QED) is 0.378. The summed E-state index contributed by atoms with van der Waals surface area (Å²) >= 11 is 0. The van der Waals surface area contributed by atoms with Crippen molar-refractivity contribution >= 4 is 0 Å². The summed E-state index contributed by atoms with van der Waals surface area (Å²) in [5.74, 6) is 0. The Morgan fingerprint density at radius 1 is 0.419 bits per heavy atom. The van der Waals surface area contributed by atoms with Crippen LogP contribution in [0.5, 0.6) is 0 Å². The zero-order chi connectivity index (χ0) is 20.7. The molecule has 0 amide bonds. The van der Waals surface area contributed by atoms with Crippen LogP contribution in [0.4, 0.5) is 0 Å². The molecule has 0 N–H and O–H groups in total. The molecule has 0 unspecified atom stereocenters. The second-order valence-corrected chi connectivity index (χ2v) is 5.83. The van der Waals surface area contributed by atoms with E-state index in [4.69, 9.17) is 0 Å². The van der Waals surface area contributed by atoms with Crippen LogP contribution in [0.1, 0.15) is 22.8 Å². The summed E-state index contributed by atoms with van der Waals surface area (Å²) in [6.45, 7) is 6.81. The van der Waals surface area contributed by atoms with Crippen molar-refractivity contribution in [3.05, 3.63) is 157 Å². The molecule has 0 saturated heterocycles. The van der Waals surface area contributed by atoms with Gasteiger partial charge in [-0.1, -0.05) is 24.3 Å². The van der Waals surface area contributed by atoms with Gasteiger partial charge in [-0.25, -0.2) is 0 Å². The van der Waals surface area contributed by atoms with Crippen molar-refractivity contribution in [2.75, 3.05) is 0 Å². The van der Waals surface area contributed by atoms with Crippen molar-refractivity contribution in [2.24, 2.45) is 0 Å². The average molecular weight is 443 g/mol. The predicted molar refractivity (Wildman–Crippen MR) is 117 cm³/mol. The van der Waals surface area contributed by atoms with Gasteiger partial charge in [-0.3, -0.25) is 19.9 Å². The molecule has 4 rings (SSSR count). The number of pyridine rings is 4. The maximum atomic E-state index is 4.14. The largest absolute Gasteiger partial charge is 2.00 e. The minimum absolute atomic E-state index is 0. The monoisotopic (exact) mass is 443 g/mol. The van der Waals surface area contributed by atoms with Gasteiger partial charge in [0.15, 0.2) is 0 Å². The summed E-state index contributed by atoms with van der Waals surface area (Å²) in [5.41, 5.74) is 3.35. The molecule has 0 aromatic carbocycles. The Balaban J connectivity index is 0.000000213. The minimum Gasteiger partial charge on any atom is -0.648 e. The first-order valence-electron chi connectivity index (χ1n) is 9.27. The summed E-state index contributed by atoms with van der Waals surface area (Å²) in [7, 11) is 0. The zero-order valence-corrected chi connectivity index (χ0v) is 18.1. The Morgan fingerprint density at radius 2 is 0.677 bits per heavy atom. The van der Waals surface area contributed by atoms with Gasteiger partial charge in [0, 0.05) is 47.6 Å². The van der Waals surface area contributed by atoms with E-state index in [0.29, 0.717) is 0 Å². The van der Waals surface area contributed by atoms with Crippen LogP contribution in [0.15, 0.2) is 97.6 Å². The molecule has 4 heterocycles. The van der Waals surface area contributed by atoms with Crippen LogP contribution in [0, 0.1) is 26.2 Å². The van der Waals surface area contributed by atoms with Gasteiger partial charge < -0.3 is 10.6 Å². The molecule has 31 heavy (non-hydrogen) atoms. The van der Waals surface area contributed by atoms with E-state index in [0.717, 1.165) is 22.8 Å². The van der Waals surface area contributed by atoms with Gasteiger partial charge in [-0.05, 0) is 48.5 Å². The zero-order valence-electron chi connectivity index (χ0n) is 16.7. The molecular weight excluding hydrogens is 423 g/mol. The van der Waals surface area contributed by atoms with Gasteiger partial charge in [0.2, 0.25) is 0 Å². The summed E-state index contributed by atoms with van der Waals surface area (Å²) in [6, 6.07) is 22.8. The minimum atomic E-state index is 0. The first kappa shape index (κ1) is 24.4. The second-order valence-electron chi connectivity index (χ2n) is 5.83. The van der Waals surface area contributed by atoms with E-state index in [1.54, 1.807) is 51.0 Å². The molecule has 151 valence electrons. The van der Waals surface area contributed by atoms with E-state index in [1.165, 1.54) is 0 Å². The maximum Gasteiger partial charge on any atom is 2.00 e. The molecule has 4 aromatic heterocycles. The van der Waals surface area contributed by atoms with Gasteiger partial charge >= 0.3 is 18.6 Å². The van der Waals surface area contributed by atoms with Gasteiger partial charge in [0.05, 0.1) is 0 Å². The summed E-state index contributed by atoms with van der Waals surface area (Å²) in [5, 5.41) is 8.27. The molecule has 4 aromatic rings. The number of hydrogen-bond donors (Lipinski definition) is 0. The summed E-state index contributed by atoms with van der Waals surface area (Å²) < 4.78 is 0. The van der Waals surface area contributed by atoms with E-state index < -0.39 is 0 Å². The van der Waals surface area contributed by atoms with Gasteiger partial charge in [0.1, 0.15) is 0 Å². The van der Waals surface area contributed by atoms with Crippen molar-refractivity contribution in [3.63, 3.8) is 0 Å². The molecule has 5 radical (unpaired) electrons. The summed E-state index contributed by atoms with van der Waals surface area (Å²) in [4.78, 5) is 16.5. The Morgan fingerprint density at radius 3 is 0.871 bits per heavy atom. The Bertz CT molecular complexity index is 781. The summed E-state index contributed by atoms with van der Waals surface area (Å²) in [6.07, 6.45) is 6.95. The first-order chi connectivity index (χ1) is 14.9. The SMILES string of the molecule is [CH]([N-][CH]c1ccccn1)c1ccccn1.[CH]([N-][CH]c1ccccn1)c1ccccn1.[V+2]. The van der Waals surface area contributed by atoms with Crippen LogP contribution in [0.2, 0.25) is 0 Å². The predicted octanol–water partition coefficient (Wildman–Crippen LogP) is 5.14. The molecule has 0 spiro atoms. The van der Waals surface area contributed by atoms with Crippen molar-refractivity contribution in [2.45, 2.75) is 0 Å². The topological polar surface area (TPSA) is 79.8 Å². The van der Waals surface area contributed by atoms with Crippen LogP contribution in [0.3, 0.4) is 0 Å². The van der Waals surface area contributed by atoms with Crippen molar-refractivity contribution in [1.82, 2.24) is 19.9 Å². The van der Waals surface area contributed by atoms with Crippen LogP contribution in [-0.2, 0) is 18.6 Å². The average Bonchev–Trinajstić information content (AvgIpc) is 2.82. The molecule has 0 bridgehead atoms. The normalized spacial score (nSPS) is 9.81. The van der Waals surface area contributed by atoms with Gasteiger partial charge in [-0.2, -0.15) is 0 Å². The molecule has 6 nitrogen and oxygen atoms in total. The molecule has 0 aliphatic carbocycles. The Labute approximate surface area is 195 Å². The smallest absolute Gasteiger partial charge is 0.648 e. The standard InChI is InChI=1S/2C12H10N3.V/c2*1-3-7-14-11(5-1)9-13-10-12-6-2-4-8-15-12;/h2*1-10H;/q2*-1;+2. The number of nitrogens with zero attached hydrogens (tertiary/aromatic N) is 6. The second kappa shape index (κ2) is 15.0. The fraction of sp³-hybridized carbons (Fsp3) is 0. The molecule has 7 heteroatoms. The Hall–Kier alpha value is -2.90.